The number of rotatable bonds is 2. The third-order valence-corrected chi connectivity index (χ3v) is 4.83. The molecule has 0 unspecified atom stereocenters. The molecule has 104 valence electrons. The van der Waals surface area contributed by atoms with Crippen molar-refractivity contribution < 1.29 is 4.79 Å². The van der Waals surface area contributed by atoms with Gasteiger partial charge in [-0.3, -0.25) is 4.79 Å². The molecule has 0 heterocycles. The lowest BCUT2D eigenvalue weighted by Gasteiger charge is -2.11. The van der Waals surface area contributed by atoms with E-state index in [0.29, 0.717) is 5.56 Å². The third kappa shape index (κ3) is 3.00. The summed E-state index contributed by atoms with van der Waals surface area (Å²) in [6, 6.07) is 6.74. The van der Waals surface area contributed by atoms with Gasteiger partial charge in [-0.15, -0.1) is 0 Å². The Morgan fingerprint density at radius 2 is 1.65 bits per heavy atom. The van der Waals surface area contributed by atoms with Crippen LogP contribution < -0.4 is 0 Å². The van der Waals surface area contributed by atoms with Crippen molar-refractivity contribution in [2.75, 3.05) is 0 Å². The summed E-state index contributed by atoms with van der Waals surface area (Å²) in [6.45, 7) is 1.83. The molecule has 0 aliphatic rings. The van der Waals surface area contributed by atoms with Crippen molar-refractivity contribution in [2.24, 2.45) is 0 Å². The van der Waals surface area contributed by atoms with Gasteiger partial charge in [-0.1, -0.05) is 62.3 Å². The first-order valence-electron chi connectivity index (χ1n) is 5.46. The van der Waals surface area contributed by atoms with Crippen molar-refractivity contribution in [2.45, 2.75) is 6.92 Å². The molecule has 0 amide bonds. The largest absolute Gasteiger partial charge is 0.288 e. The summed E-state index contributed by atoms with van der Waals surface area (Å²) < 4.78 is 0.887. The van der Waals surface area contributed by atoms with Gasteiger partial charge in [-0.05, 0) is 36.8 Å². The monoisotopic (exact) mass is 410 g/mol. The fourth-order valence-electron chi connectivity index (χ4n) is 1.79. The zero-order valence-electron chi connectivity index (χ0n) is 10.1. The highest BCUT2D eigenvalue weighted by molar-refractivity contribution is 9.10. The smallest absolute Gasteiger partial charge is 0.196 e. The van der Waals surface area contributed by atoms with Crippen molar-refractivity contribution in [3.05, 3.63) is 65.5 Å². The lowest BCUT2D eigenvalue weighted by molar-refractivity contribution is 0.103. The first-order valence-corrected chi connectivity index (χ1v) is 7.77. The Kier molecular flexibility index (Phi) is 5.04. The average Bonchev–Trinajstić information content (AvgIpc) is 2.36. The van der Waals surface area contributed by atoms with E-state index in [0.717, 1.165) is 10.0 Å². The van der Waals surface area contributed by atoms with Crippen LogP contribution in [0.5, 0.6) is 0 Å². The van der Waals surface area contributed by atoms with Gasteiger partial charge >= 0.3 is 0 Å². The molecule has 0 radical (unpaired) electrons. The standard InChI is InChI=1S/C14H7BrCl4O/c1-6-4-7(15)2-3-8(6)14(20)11-9(16)5-10(17)12(18)13(11)19/h2-5H,1H3. The van der Waals surface area contributed by atoms with E-state index in [1.54, 1.807) is 12.1 Å². The summed E-state index contributed by atoms with van der Waals surface area (Å²) >= 11 is 27.4. The Hall–Kier alpha value is -0.250. The molecule has 0 bridgehead atoms. The molecular weight excluding hydrogens is 406 g/mol. The van der Waals surface area contributed by atoms with Gasteiger partial charge in [0.25, 0.3) is 0 Å². The lowest BCUT2D eigenvalue weighted by Crippen LogP contribution is -2.06. The molecule has 2 rings (SSSR count). The number of hydrogen-bond donors (Lipinski definition) is 0. The van der Waals surface area contributed by atoms with Crippen LogP contribution in [-0.4, -0.2) is 5.78 Å². The van der Waals surface area contributed by atoms with E-state index in [1.807, 2.05) is 13.0 Å². The van der Waals surface area contributed by atoms with Crippen molar-refractivity contribution in [3.63, 3.8) is 0 Å². The minimum absolute atomic E-state index is 0.0662. The second-order valence-electron chi connectivity index (χ2n) is 4.13. The van der Waals surface area contributed by atoms with Crippen molar-refractivity contribution in [3.8, 4) is 0 Å². The van der Waals surface area contributed by atoms with Crippen LogP contribution in [0.3, 0.4) is 0 Å². The SMILES string of the molecule is Cc1cc(Br)ccc1C(=O)c1c(Cl)cc(Cl)c(Cl)c1Cl. The summed E-state index contributed by atoms with van der Waals surface area (Å²) in [6.07, 6.45) is 0. The normalized spacial score (nSPS) is 10.7. The first-order chi connectivity index (χ1) is 9.32. The van der Waals surface area contributed by atoms with E-state index < -0.39 is 0 Å². The maximum atomic E-state index is 12.6. The van der Waals surface area contributed by atoms with Crippen LogP contribution in [0.15, 0.2) is 28.7 Å². The fraction of sp³-hybridized carbons (Fsp3) is 0.0714. The highest BCUT2D eigenvalue weighted by atomic mass is 79.9. The average molecular weight is 413 g/mol. The van der Waals surface area contributed by atoms with E-state index >= 15 is 0 Å². The Morgan fingerprint density at radius 3 is 2.25 bits per heavy atom. The Bertz CT molecular complexity index is 713. The summed E-state index contributed by atoms with van der Waals surface area (Å²) in [4.78, 5) is 12.6. The van der Waals surface area contributed by atoms with Crippen LogP contribution in [0, 0.1) is 6.92 Å². The first kappa shape index (κ1) is 16.1. The molecule has 0 fully saturated rings. The van der Waals surface area contributed by atoms with Crippen LogP contribution in [0.25, 0.3) is 0 Å². The van der Waals surface area contributed by atoms with Gasteiger partial charge in [-0.25, -0.2) is 0 Å². The quantitative estimate of drug-likeness (QED) is 0.308. The van der Waals surface area contributed by atoms with E-state index in [9.17, 15) is 4.79 Å². The van der Waals surface area contributed by atoms with Crippen LogP contribution >= 0.6 is 62.3 Å². The minimum Gasteiger partial charge on any atom is -0.288 e. The van der Waals surface area contributed by atoms with Gasteiger partial charge in [0.1, 0.15) is 0 Å². The summed E-state index contributed by atoms with van der Waals surface area (Å²) in [5.41, 5.74) is 1.48. The fourth-order valence-corrected chi connectivity index (χ4v) is 3.35. The summed E-state index contributed by atoms with van der Waals surface area (Å²) in [7, 11) is 0. The number of hydrogen-bond acceptors (Lipinski definition) is 1. The molecule has 0 saturated carbocycles. The Balaban J connectivity index is 2.63. The number of aryl methyl sites for hydroxylation is 1. The predicted molar refractivity (Wildman–Crippen MR) is 88.8 cm³/mol. The highest BCUT2D eigenvalue weighted by Crippen LogP contribution is 2.38. The molecule has 0 N–H and O–H groups in total. The van der Waals surface area contributed by atoms with Gasteiger partial charge in [-0.2, -0.15) is 0 Å². The maximum Gasteiger partial charge on any atom is 0.196 e. The van der Waals surface area contributed by atoms with E-state index in [-0.39, 0.29) is 31.4 Å². The van der Waals surface area contributed by atoms with Crippen molar-refractivity contribution in [1.82, 2.24) is 0 Å². The molecule has 2 aromatic rings. The van der Waals surface area contributed by atoms with E-state index in [1.165, 1.54) is 6.07 Å². The molecule has 0 atom stereocenters. The number of halogens is 5. The zero-order valence-corrected chi connectivity index (χ0v) is 14.7. The van der Waals surface area contributed by atoms with Crippen LogP contribution in [-0.2, 0) is 0 Å². The molecule has 0 aromatic heterocycles. The number of carbonyl (C=O) groups is 1. The van der Waals surface area contributed by atoms with E-state index in [2.05, 4.69) is 15.9 Å². The Morgan fingerprint density at radius 1 is 1.00 bits per heavy atom. The minimum atomic E-state index is -0.288. The molecule has 0 aliphatic heterocycles. The molecular formula is C14H7BrCl4O. The second kappa shape index (κ2) is 6.25. The van der Waals surface area contributed by atoms with Gasteiger partial charge < -0.3 is 0 Å². The summed E-state index contributed by atoms with van der Waals surface area (Å²) in [5.74, 6) is -0.288. The molecule has 20 heavy (non-hydrogen) atoms. The van der Waals surface area contributed by atoms with Crippen LogP contribution in [0.4, 0.5) is 0 Å². The molecule has 0 saturated heterocycles. The van der Waals surface area contributed by atoms with E-state index in [4.69, 9.17) is 46.4 Å². The van der Waals surface area contributed by atoms with Crippen molar-refractivity contribution in [1.29, 1.82) is 0 Å². The molecule has 0 spiro atoms. The topological polar surface area (TPSA) is 17.1 Å². The second-order valence-corrected chi connectivity index (χ2v) is 6.62. The predicted octanol–water partition coefficient (Wildman–Crippen LogP) is 6.60. The highest BCUT2D eigenvalue weighted by Gasteiger charge is 2.22. The molecule has 6 heteroatoms. The van der Waals surface area contributed by atoms with Crippen LogP contribution in [0.2, 0.25) is 20.1 Å². The van der Waals surface area contributed by atoms with Gasteiger partial charge in [0.2, 0.25) is 0 Å². The number of carbonyl (C=O) groups excluding carboxylic acids is 1. The van der Waals surface area contributed by atoms with Crippen LogP contribution in [0.1, 0.15) is 21.5 Å². The van der Waals surface area contributed by atoms with Gasteiger partial charge in [0, 0.05) is 10.0 Å². The maximum absolute atomic E-state index is 12.6. The van der Waals surface area contributed by atoms with Gasteiger partial charge in [0.05, 0.1) is 25.7 Å². The molecule has 0 aliphatic carbocycles. The zero-order chi connectivity index (χ0) is 15.0. The number of ketones is 1. The number of benzene rings is 2. The molecule has 2 aromatic carbocycles. The third-order valence-electron chi connectivity index (χ3n) is 2.77. The Labute approximate surface area is 144 Å². The van der Waals surface area contributed by atoms with Crippen molar-refractivity contribution >= 4 is 68.1 Å². The lowest BCUT2D eigenvalue weighted by atomic mass is 9.99. The molecule has 1 nitrogen and oxygen atoms in total. The van der Waals surface area contributed by atoms with Gasteiger partial charge in [0.15, 0.2) is 5.78 Å². The summed E-state index contributed by atoms with van der Waals surface area (Å²) in [5, 5.41) is 0.579.